The highest BCUT2D eigenvalue weighted by molar-refractivity contribution is 6.36. The topological polar surface area (TPSA) is 68.7 Å². The van der Waals surface area contributed by atoms with Crippen molar-refractivity contribution in [2.75, 3.05) is 6.61 Å². The predicted molar refractivity (Wildman–Crippen MR) is 135 cm³/mol. The molecular formula is C28H26ClNO4. The minimum absolute atomic E-state index is 0.607. The van der Waals surface area contributed by atoms with Gasteiger partial charge < -0.3 is 14.6 Å². The number of halogens is 1. The van der Waals surface area contributed by atoms with Crippen molar-refractivity contribution in [3.63, 3.8) is 0 Å². The van der Waals surface area contributed by atoms with Crippen LogP contribution in [0.4, 0.5) is 0 Å². The summed E-state index contributed by atoms with van der Waals surface area (Å²) in [5.41, 5.74) is 4.30. The lowest BCUT2D eigenvalue weighted by Gasteiger charge is -2.29. The molecule has 174 valence electrons. The number of fused-ring (bicyclic) bond motifs is 1. The highest BCUT2D eigenvalue weighted by atomic mass is 35.5. The van der Waals surface area contributed by atoms with Gasteiger partial charge in [0.2, 0.25) is 0 Å². The van der Waals surface area contributed by atoms with Crippen molar-refractivity contribution in [2.24, 2.45) is 0 Å². The minimum Gasteiger partial charge on any atom is -0.493 e. The summed E-state index contributed by atoms with van der Waals surface area (Å²) in [4.78, 5) is 17.3. The second kappa shape index (κ2) is 8.26. The highest BCUT2D eigenvalue weighted by Gasteiger charge is 2.32. The Morgan fingerprint density at radius 1 is 1.18 bits per heavy atom. The summed E-state index contributed by atoms with van der Waals surface area (Å²) in [6.07, 6.45) is 1.44. The molecule has 2 heterocycles. The zero-order chi connectivity index (χ0) is 24.2. The molecule has 0 bridgehead atoms. The van der Waals surface area contributed by atoms with Crippen molar-refractivity contribution in [3.05, 3.63) is 70.4 Å². The third-order valence-electron chi connectivity index (χ3n) is 6.17. The molecule has 34 heavy (non-hydrogen) atoms. The van der Waals surface area contributed by atoms with Crippen molar-refractivity contribution < 1.29 is 19.4 Å². The maximum atomic E-state index is 12.6. The number of pyridine rings is 1. The van der Waals surface area contributed by atoms with Crippen molar-refractivity contribution in [3.8, 4) is 16.9 Å². The van der Waals surface area contributed by atoms with Gasteiger partial charge in [0.05, 0.1) is 17.7 Å². The molecule has 0 unspecified atom stereocenters. The minimum atomic E-state index is -1.17. The highest BCUT2D eigenvalue weighted by Crippen LogP contribution is 2.45. The lowest BCUT2D eigenvalue weighted by atomic mass is 9.85. The molecule has 0 spiro atoms. The molecular weight excluding hydrogens is 450 g/mol. The van der Waals surface area contributed by atoms with Gasteiger partial charge in [-0.25, -0.2) is 4.79 Å². The Balaban J connectivity index is 1.93. The van der Waals surface area contributed by atoms with Crippen molar-refractivity contribution in [1.29, 1.82) is 0 Å². The monoisotopic (exact) mass is 475 g/mol. The summed E-state index contributed by atoms with van der Waals surface area (Å²) in [5, 5.41) is 13.6. The van der Waals surface area contributed by atoms with Crippen LogP contribution in [-0.4, -0.2) is 28.3 Å². The SMILES string of the molecule is Cc1cc2c(Cl)cccc2c(-c2ccc3c4c(ccnc24)CCO3)c1[C@@H](OC(C)(C)C)C(=O)O. The van der Waals surface area contributed by atoms with E-state index in [1.165, 1.54) is 5.56 Å². The zero-order valence-corrected chi connectivity index (χ0v) is 20.4. The second-order valence-corrected chi connectivity index (χ2v) is 10.1. The fraction of sp³-hybridized carbons (Fsp3) is 0.286. The molecule has 5 nitrogen and oxygen atoms in total. The first kappa shape index (κ1) is 22.6. The fourth-order valence-electron chi connectivity index (χ4n) is 4.86. The first-order chi connectivity index (χ1) is 16.2. The summed E-state index contributed by atoms with van der Waals surface area (Å²) in [5.74, 6) is -0.245. The summed E-state index contributed by atoms with van der Waals surface area (Å²) >= 11 is 6.61. The molecule has 6 heteroatoms. The molecule has 1 aliphatic rings. The number of benzene rings is 3. The molecule has 3 aromatic carbocycles. The number of aliphatic carboxylic acids is 1. The first-order valence-electron chi connectivity index (χ1n) is 11.3. The summed E-state index contributed by atoms with van der Waals surface area (Å²) in [7, 11) is 0. The van der Waals surface area contributed by atoms with Gasteiger partial charge in [0.1, 0.15) is 5.75 Å². The Morgan fingerprint density at radius 3 is 2.71 bits per heavy atom. The predicted octanol–water partition coefficient (Wildman–Crippen LogP) is 6.89. The Bertz CT molecular complexity index is 1440. The number of nitrogens with zero attached hydrogens (tertiary/aromatic N) is 1. The van der Waals surface area contributed by atoms with E-state index in [0.29, 0.717) is 17.2 Å². The van der Waals surface area contributed by atoms with E-state index in [-0.39, 0.29) is 0 Å². The molecule has 5 rings (SSSR count). The van der Waals surface area contributed by atoms with Gasteiger partial charge in [-0.05, 0) is 80.1 Å². The Kier molecular flexibility index (Phi) is 5.50. The van der Waals surface area contributed by atoms with Crippen molar-refractivity contribution in [1.82, 2.24) is 4.98 Å². The average molecular weight is 476 g/mol. The number of carboxylic acids is 1. The van der Waals surface area contributed by atoms with E-state index < -0.39 is 17.7 Å². The molecule has 0 amide bonds. The molecule has 0 saturated heterocycles. The van der Waals surface area contributed by atoms with Crippen molar-refractivity contribution in [2.45, 2.75) is 45.8 Å². The number of aryl methyl sites for hydroxylation is 1. The summed E-state index contributed by atoms with van der Waals surface area (Å²) in [6.45, 7) is 8.11. The van der Waals surface area contributed by atoms with Crippen LogP contribution in [0.15, 0.2) is 48.7 Å². The second-order valence-electron chi connectivity index (χ2n) is 9.67. The van der Waals surface area contributed by atoms with E-state index in [4.69, 9.17) is 26.1 Å². The van der Waals surface area contributed by atoms with E-state index in [2.05, 4.69) is 0 Å². The first-order valence-corrected chi connectivity index (χ1v) is 11.7. The van der Waals surface area contributed by atoms with Gasteiger partial charge in [-0.2, -0.15) is 0 Å². The Labute approximate surface area is 203 Å². The van der Waals surface area contributed by atoms with E-state index >= 15 is 0 Å². The lowest BCUT2D eigenvalue weighted by Crippen LogP contribution is -2.28. The number of hydrogen-bond donors (Lipinski definition) is 1. The molecule has 1 aromatic heterocycles. The average Bonchev–Trinajstić information content (AvgIpc) is 2.78. The van der Waals surface area contributed by atoms with Gasteiger partial charge in [0.15, 0.2) is 6.10 Å². The molecule has 0 fully saturated rings. The summed E-state index contributed by atoms with van der Waals surface area (Å²) in [6, 6.07) is 13.6. The summed E-state index contributed by atoms with van der Waals surface area (Å²) < 4.78 is 12.0. The maximum Gasteiger partial charge on any atom is 0.337 e. The van der Waals surface area contributed by atoms with Crippen LogP contribution in [0.2, 0.25) is 5.02 Å². The Hall–Kier alpha value is -3.15. The standard InChI is InChI=1S/C28H26ClNO4/c1-15-14-19-17(6-5-7-20(19)29)24(22(15)26(27(31)32)34-28(2,3)4)18-8-9-21-23-16(11-13-33-21)10-12-30-25(18)23/h5-10,12,14,26H,11,13H2,1-4H3,(H,31,32)/t26-/m1/s1. The van der Waals surface area contributed by atoms with Gasteiger partial charge in [-0.15, -0.1) is 0 Å². The van der Waals surface area contributed by atoms with Gasteiger partial charge in [0.25, 0.3) is 0 Å². The third-order valence-corrected chi connectivity index (χ3v) is 6.50. The largest absolute Gasteiger partial charge is 0.493 e. The van der Waals surface area contributed by atoms with Crippen LogP contribution in [0.25, 0.3) is 32.8 Å². The van der Waals surface area contributed by atoms with Crippen LogP contribution in [-0.2, 0) is 16.0 Å². The maximum absolute atomic E-state index is 12.6. The zero-order valence-electron chi connectivity index (χ0n) is 19.6. The lowest BCUT2D eigenvalue weighted by molar-refractivity contribution is -0.160. The quantitative estimate of drug-likeness (QED) is 0.348. The van der Waals surface area contributed by atoms with E-state index in [1.807, 2.05) is 70.2 Å². The van der Waals surface area contributed by atoms with E-state index in [9.17, 15) is 9.90 Å². The van der Waals surface area contributed by atoms with Crippen LogP contribution in [0, 0.1) is 6.92 Å². The molecule has 1 atom stereocenters. The van der Waals surface area contributed by atoms with Crippen LogP contribution in [0.1, 0.15) is 43.6 Å². The number of ether oxygens (including phenoxy) is 2. The normalized spacial score (nSPS) is 14.3. The smallest absolute Gasteiger partial charge is 0.337 e. The van der Waals surface area contributed by atoms with Crippen LogP contribution in [0.5, 0.6) is 5.75 Å². The Morgan fingerprint density at radius 2 is 1.97 bits per heavy atom. The number of aromatic nitrogens is 1. The number of rotatable bonds is 4. The fourth-order valence-corrected chi connectivity index (χ4v) is 5.09. The van der Waals surface area contributed by atoms with Crippen LogP contribution in [0.3, 0.4) is 0 Å². The molecule has 1 N–H and O–H groups in total. The van der Waals surface area contributed by atoms with Crippen LogP contribution < -0.4 is 4.74 Å². The van der Waals surface area contributed by atoms with Gasteiger partial charge in [0, 0.05) is 39.5 Å². The van der Waals surface area contributed by atoms with Gasteiger partial charge >= 0.3 is 5.97 Å². The molecule has 4 aromatic rings. The van der Waals surface area contributed by atoms with Gasteiger partial charge in [-0.3, -0.25) is 4.98 Å². The molecule has 0 radical (unpaired) electrons. The molecule has 0 aliphatic carbocycles. The van der Waals surface area contributed by atoms with Crippen molar-refractivity contribution >= 4 is 39.2 Å². The van der Waals surface area contributed by atoms with E-state index in [0.717, 1.165) is 50.5 Å². The molecule has 1 aliphatic heterocycles. The third kappa shape index (κ3) is 3.79. The number of hydrogen-bond acceptors (Lipinski definition) is 4. The number of carbonyl (C=O) groups is 1. The number of carboxylic acid groups (broad SMARTS) is 1. The molecule has 0 saturated carbocycles. The van der Waals surface area contributed by atoms with E-state index in [1.54, 1.807) is 6.20 Å². The van der Waals surface area contributed by atoms with Gasteiger partial charge in [-0.1, -0.05) is 23.7 Å². The van der Waals surface area contributed by atoms with Crippen LogP contribution >= 0.6 is 11.6 Å².